The van der Waals surface area contributed by atoms with Crippen LogP contribution in [0.2, 0.25) is 0 Å². The molecule has 0 saturated heterocycles. The van der Waals surface area contributed by atoms with Crippen molar-refractivity contribution in [3.8, 4) is 0 Å². The fourth-order valence-corrected chi connectivity index (χ4v) is 1.85. The van der Waals surface area contributed by atoms with Crippen LogP contribution in [0, 0.1) is 18.7 Å². The van der Waals surface area contributed by atoms with Gasteiger partial charge in [-0.05, 0) is 36.8 Å². The zero-order valence-corrected chi connectivity index (χ0v) is 13.2. The summed E-state index contributed by atoms with van der Waals surface area (Å²) in [6.45, 7) is 5.40. The minimum absolute atomic E-state index is 0.105. The van der Waals surface area contributed by atoms with Crippen LogP contribution in [-0.4, -0.2) is 16.8 Å². The second-order valence-electron chi connectivity index (χ2n) is 5.49. The van der Waals surface area contributed by atoms with Crippen molar-refractivity contribution >= 4 is 23.3 Å². The lowest BCUT2D eigenvalue weighted by Crippen LogP contribution is -2.19. The van der Waals surface area contributed by atoms with Crippen LogP contribution in [0.25, 0.3) is 0 Å². The maximum absolute atomic E-state index is 13.1. The van der Waals surface area contributed by atoms with Gasteiger partial charge in [-0.2, -0.15) is 0 Å². The fourth-order valence-electron chi connectivity index (χ4n) is 1.85. The number of rotatable bonds is 4. The number of anilines is 2. The van der Waals surface area contributed by atoms with Gasteiger partial charge in [-0.25, -0.2) is 9.37 Å². The van der Waals surface area contributed by atoms with Crippen molar-refractivity contribution in [2.24, 2.45) is 5.92 Å². The first-order chi connectivity index (χ1) is 10.9. The van der Waals surface area contributed by atoms with Crippen LogP contribution in [0.5, 0.6) is 0 Å². The minimum Gasteiger partial charge on any atom is -0.324 e. The van der Waals surface area contributed by atoms with Crippen LogP contribution in [0.4, 0.5) is 15.9 Å². The van der Waals surface area contributed by atoms with Gasteiger partial charge >= 0.3 is 0 Å². The van der Waals surface area contributed by atoms with Gasteiger partial charge in [0.25, 0.3) is 5.91 Å². The van der Waals surface area contributed by atoms with Crippen LogP contribution in [0.15, 0.2) is 36.5 Å². The first-order valence-corrected chi connectivity index (χ1v) is 7.21. The average molecular weight is 315 g/mol. The molecule has 5 nitrogen and oxygen atoms in total. The van der Waals surface area contributed by atoms with Crippen molar-refractivity contribution in [1.29, 1.82) is 0 Å². The van der Waals surface area contributed by atoms with Gasteiger partial charge in [0, 0.05) is 11.5 Å². The molecule has 120 valence electrons. The predicted molar refractivity (Wildman–Crippen MR) is 86.8 cm³/mol. The quantitative estimate of drug-likeness (QED) is 0.908. The maximum atomic E-state index is 13.1. The molecule has 2 amide bonds. The van der Waals surface area contributed by atoms with E-state index < -0.39 is 11.7 Å². The summed E-state index contributed by atoms with van der Waals surface area (Å²) in [6, 6.07) is 7.05. The number of nitrogens with zero attached hydrogens (tertiary/aromatic N) is 1. The number of carbonyl (C=O) groups excluding carboxylic acids is 2. The number of nitrogens with one attached hydrogen (secondary N) is 2. The van der Waals surface area contributed by atoms with E-state index in [1.165, 1.54) is 24.4 Å². The molecule has 1 aromatic carbocycles. The molecule has 0 atom stereocenters. The SMILES string of the molecule is Cc1cc(NC(=O)c2cccc(F)c2)ncc1NC(=O)C(C)C. The monoisotopic (exact) mass is 315 g/mol. The van der Waals surface area contributed by atoms with Crippen molar-refractivity contribution in [3.05, 3.63) is 53.5 Å². The molecule has 6 heteroatoms. The van der Waals surface area contributed by atoms with Crippen LogP contribution in [-0.2, 0) is 4.79 Å². The molecule has 0 spiro atoms. The Morgan fingerprint density at radius 2 is 1.91 bits per heavy atom. The third-order valence-corrected chi connectivity index (χ3v) is 3.22. The number of halogens is 1. The van der Waals surface area contributed by atoms with Crippen molar-refractivity contribution in [3.63, 3.8) is 0 Å². The lowest BCUT2D eigenvalue weighted by atomic mass is 10.2. The van der Waals surface area contributed by atoms with Gasteiger partial charge in [-0.15, -0.1) is 0 Å². The van der Waals surface area contributed by atoms with E-state index in [-0.39, 0.29) is 17.4 Å². The van der Waals surface area contributed by atoms with Crippen molar-refractivity contribution in [2.45, 2.75) is 20.8 Å². The van der Waals surface area contributed by atoms with Crippen LogP contribution in [0.3, 0.4) is 0 Å². The number of aromatic nitrogens is 1. The summed E-state index contributed by atoms with van der Waals surface area (Å²) in [6.07, 6.45) is 1.48. The molecule has 0 aliphatic heterocycles. The molecule has 1 heterocycles. The first-order valence-electron chi connectivity index (χ1n) is 7.21. The van der Waals surface area contributed by atoms with Gasteiger partial charge in [0.1, 0.15) is 11.6 Å². The molecule has 0 radical (unpaired) electrons. The fraction of sp³-hybridized carbons (Fsp3) is 0.235. The number of carbonyl (C=O) groups is 2. The zero-order chi connectivity index (χ0) is 17.0. The van der Waals surface area contributed by atoms with Gasteiger partial charge < -0.3 is 10.6 Å². The van der Waals surface area contributed by atoms with Gasteiger partial charge in [-0.3, -0.25) is 9.59 Å². The first kappa shape index (κ1) is 16.6. The third kappa shape index (κ3) is 4.35. The van der Waals surface area contributed by atoms with E-state index in [9.17, 15) is 14.0 Å². The van der Waals surface area contributed by atoms with E-state index in [0.717, 1.165) is 11.6 Å². The van der Waals surface area contributed by atoms with E-state index in [1.807, 2.05) is 0 Å². The van der Waals surface area contributed by atoms with Gasteiger partial charge in [0.2, 0.25) is 5.91 Å². The summed E-state index contributed by atoms with van der Waals surface area (Å²) < 4.78 is 13.1. The second kappa shape index (κ2) is 7.00. The van der Waals surface area contributed by atoms with Crippen molar-refractivity contribution in [1.82, 2.24) is 4.98 Å². The number of hydrogen-bond acceptors (Lipinski definition) is 3. The van der Waals surface area contributed by atoms with Crippen molar-refractivity contribution in [2.75, 3.05) is 10.6 Å². The molecule has 0 bridgehead atoms. The molecule has 0 fully saturated rings. The highest BCUT2D eigenvalue weighted by Gasteiger charge is 2.11. The van der Waals surface area contributed by atoms with Gasteiger partial charge in [-0.1, -0.05) is 19.9 Å². The molecule has 0 aliphatic rings. The molecule has 0 aliphatic carbocycles. The van der Waals surface area contributed by atoms with E-state index in [0.29, 0.717) is 11.5 Å². The standard InChI is InChI=1S/C17H18FN3O2/c1-10(2)16(22)20-14-9-19-15(7-11(14)3)21-17(23)12-5-4-6-13(18)8-12/h4-10H,1-3H3,(H,20,22)(H,19,21,23). The Bertz CT molecular complexity index is 744. The Morgan fingerprint density at radius 3 is 2.52 bits per heavy atom. The summed E-state index contributed by atoms with van der Waals surface area (Å²) in [5.74, 6) is -0.837. The lowest BCUT2D eigenvalue weighted by molar-refractivity contribution is -0.118. The molecule has 1 aromatic heterocycles. The summed E-state index contributed by atoms with van der Waals surface area (Å²) in [5.41, 5.74) is 1.57. The highest BCUT2D eigenvalue weighted by atomic mass is 19.1. The van der Waals surface area contributed by atoms with Crippen LogP contribution >= 0.6 is 0 Å². The van der Waals surface area contributed by atoms with Gasteiger partial charge in [0.15, 0.2) is 0 Å². The summed E-state index contributed by atoms with van der Waals surface area (Å²) in [5, 5.41) is 5.37. The van der Waals surface area contributed by atoms with E-state index in [2.05, 4.69) is 15.6 Å². The van der Waals surface area contributed by atoms with E-state index in [4.69, 9.17) is 0 Å². The normalized spacial score (nSPS) is 10.5. The Kier molecular flexibility index (Phi) is 5.05. The number of amides is 2. The largest absolute Gasteiger partial charge is 0.324 e. The highest BCUT2D eigenvalue weighted by molar-refractivity contribution is 6.04. The number of pyridine rings is 1. The molecule has 2 aromatic rings. The number of hydrogen-bond donors (Lipinski definition) is 2. The molecular formula is C17H18FN3O2. The average Bonchev–Trinajstić information content (AvgIpc) is 2.49. The second-order valence-corrected chi connectivity index (χ2v) is 5.49. The molecule has 2 N–H and O–H groups in total. The topological polar surface area (TPSA) is 71.1 Å². The minimum atomic E-state index is -0.478. The Balaban J connectivity index is 2.11. The summed E-state index contributed by atoms with van der Waals surface area (Å²) in [4.78, 5) is 27.8. The highest BCUT2D eigenvalue weighted by Crippen LogP contribution is 2.18. The molecule has 23 heavy (non-hydrogen) atoms. The smallest absolute Gasteiger partial charge is 0.256 e. The lowest BCUT2D eigenvalue weighted by Gasteiger charge is -2.11. The molecule has 2 rings (SSSR count). The van der Waals surface area contributed by atoms with Crippen molar-refractivity contribution < 1.29 is 14.0 Å². The third-order valence-electron chi connectivity index (χ3n) is 3.22. The Morgan fingerprint density at radius 1 is 1.17 bits per heavy atom. The Labute approximate surface area is 133 Å². The van der Waals surface area contributed by atoms with E-state index >= 15 is 0 Å². The van der Waals surface area contributed by atoms with E-state index in [1.54, 1.807) is 26.8 Å². The van der Waals surface area contributed by atoms with Crippen LogP contribution in [0.1, 0.15) is 29.8 Å². The predicted octanol–water partition coefficient (Wildman–Crippen LogP) is 3.38. The number of aryl methyl sites for hydroxylation is 1. The number of benzene rings is 1. The van der Waals surface area contributed by atoms with Crippen LogP contribution < -0.4 is 10.6 Å². The van der Waals surface area contributed by atoms with Gasteiger partial charge in [0.05, 0.1) is 11.9 Å². The zero-order valence-electron chi connectivity index (χ0n) is 13.2. The maximum Gasteiger partial charge on any atom is 0.256 e. The Hall–Kier alpha value is -2.76. The molecular weight excluding hydrogens is 297 g/mol. The molecule has 0 unspecified atom stereocenters. The summed E-state index contributed by atoms with van der Waals surface area (Å²) in [7, 11) is 0. The summed E-state index contributed by atoms with van der Waals surface area (Å²) >= 11 is 0. The molecule has 0 saturated carbocycles.